The maximum atomic E-state index is 11.7. The number of carboxylic acids is 1. The topological polar surface area (TPSA) is 69.7 Å². The van der Waals surface area contributed by atoms with Gasteiger partial charge in [0.05, 0.1) is 12.0 Å². The summed E-state index contributed by atoms with van der Waals surface area (Å²) in [6, 6.07) is 8.40. The van der Waals surface area contributed by atoms with Gasteiger partial charge in [-0.25, -0.2) is 4.79 Å². The number of carboxylic acid groups (broad SMARTS) is 1. The van der Waals surface area contributed by atoms with Crippen LogP contribution in [0.3, 0.4) is 0 Å². The van der Waals surface area contributed by atoms with E-state index >= 15 is 0 Å². The molecule has 2 rings (SSSR count). The second kappa shape index (κ2) is 5.53. The summed E-state index contributed by atoms with van der Waals surface area (Å²) >= 11 is 0. The molecule has 1 aliphatic rings. The van der Waals surface area contributed by atoms with Gasteiger partial charge in [-0.1, -0.05) is 30.3 Å². The molecule has 96 valence electrons. The molecule has 0 aliphatic carbocycles. The number of benzene rings is 1. The van der Waals surface area contributed by atoms with Crippen LogP contribution in [0, 0.1) is 0 Å². The fourth-order valence-electron chi connectivity index (χ4n) is 2.03. The van der Waals surface area contributed by atoms with Crippen LogP contribution >= 0.6 is 0 Å². The molecule has 0 spiro atoms. The molecular weight excluding hydrogens is 234 g/mol. The number of likely N-dealkylation sites (tertiary alicyclic amines) is 1. The van der Waals surface area contributed by atoms with Crippen LogP contribution < -0.4 is 5.11 Å². The van der Waals surface area contributed by atoms with E-state index in [1.165, 1.54) is 4.90 Å². The highest BCUT2D eigenvalue weighted by molar-refractivity contribution is 5.79. The van der Waals surface area contributed by atoms with Gasteiger partial charge in [0, 0.05) is 6.54 Å². The quantitative estimate of drug-likeness (QED) is 0.782. The van der Waals surface area contributed by atoms with Crippen LogP contribution in [0.5, 0.6) is 0 Å². The van der Waals surface area contributed by atoms with Crippen LogP contribution in [0.4, 0.5) is 4.79 Å². The molecule has 1 aliphatic heterocycles. The molecule has 5 nitrogen and oxygen atoms in total. The summed E-state index contributed by atoms with van der Waals surface area (Å²) in [7, 11) is 0. The van der Waals surface area contributed by atoms with E-state index in [2.05, 4.69) is 0 Å². The molecule has 0 saturated carbocycles. The Morgan fingerprint density at radius 1 is 1.33 bits per heavy atom. The van der Waals surface area contributed by atoms with Gasteiger partial charge in [-0.15, -0.1) is 0 Å². The van der Waals surface area contributed by atoms with Crippen LogP contribution in [0.25, 0.3) is 0 Å². The number of carbonyl (C=O) groups is 2. The minimum atomic E-state index is -1.22. The standard InChI is InChI=1S/C13H15NO4/c15-12(16)11-7-4-8-14(11)13(17)18-9-10-5-2-1-3-6-10/h1-3,5-6,11H,4,7-9H2,(H,15,16)/p-1. The average molecular weight is 248 g/mol. The maximum absolute atomic E-state index is 11.7. The Morgan fingerprint density at radius 2 is 2.06 bits per heavy atom. The van der Waals surface area contributed by atoms with E-state index in [0.717, 1.165) is 5.56 Å². The molecular formula is C13H14NO4-. The average Bonchev–Trinajstić information content (AvgIpc) is 2.86. The lowest BCUT2D eigenvalue weighted by molar-refractivity contribution is -0.310. The van der Waals surface area contributed by atoms with Gasteiger partial charge in [0.1, 0.15) is 6.61 Å². The monoisotopic (exact) mass is 248 g/mol. The molecule has 5 heteroatoms. The molecule has 1 aromatic carbocycles. The van der Waals surface area contributed by atoms with Crippen molar-refractivity contribution in [2.75, 3.05) is 6.54 Å². The Balaban J connectivity index is 1.90. The first-order chi connectivity index (χ1) is 8.68. The molecule has 1 heterocycles. The number of rotatable bonds is 3. The van der Waals surface area contributed by atoms with Gasteiger partial charge >= 0.3 is 6.09 Å². The smallest absolute Gasteiger partial charge is 0.410 e. The number of ether oxygens (including phenoxy) is 1. The van der Waals surface area contributed by atoms with Crippen molar-refractivity contribution in [2.24, 2.45) is 0 Å². The lowest BCUT2D eigenvalue weighted by Crippen LogP contribution is -2.47. The molecule has 1 aromatic rings. The van der Waals surface area contributed by atoms with Gasteiger partial charge < -0.3 is 14.6 Å². The number of aliphatic carboxylic acids is 1. The minimum Gasteiger partial charge on any atom is -0.548 e. The molecule has 1 amide bonds. The van der Waals surface area contributed by atoms with E-state index in [-0.39, 0.29) is 6.61 Å². The lowest BCUT2D eigenvalue weighted by atomic mass is 10.2. The molecule has 1 saturated heterocycles. The van der Waals surface area contributed by atoms with Crippen LogP contribution in [0.2, 0.25) is 0 Å². The van der Waals surface area contributed by atoms with Gasteiger partial charge in [-0.3, -0.25) is 4.90 Å². The van der Waals surface area contributed by atoms with E-state index in [1.807, 2.05) is 30.3 Å². The Kier molecular flexibility index (Phi) is 3.82. The van der Waals surface area contributed by atoms with E-state index in [4.69, 9.17) is 4.74 Å². The van der Waals surface area contributed by atoms with E-state index in [9.17, 15) is 14.7 Å². The van der Waals surface area contributed by atoms with Crippen molar-refractivity contribution in [1.29, 1.82) is 0 Å². The number of amides is 1. The zero-order chi connectivity index (χ0) is 13.0. The van der Waals surface area contributed by atoms with E-state index in [1.54, 1.807) is 0 Å². The highest BCUT2D eigenvalue weighted by atomic mass is 16.6. The lowest BCUT2D eigenvalue weighted by Gasteiger charge is -2.24. The fraction of sp³-hybridized carbons (Fsp3) is 0.385. The minimum absolute atomic E-state index is 0.149. The molecule has 18 heavy (non-hydrogen) atoms. The Hall–Kier alpha value is -2.04. The molecule has 0 aromatic heterocycles. The molecule has 1 atom stereocenters. The predicted octanol–water partition coefficient (Wildman–Crippen LogP) is 0.537. The Morgan fingerprint density at radius 3 is 2.72 bits per heavy atom. The Bertz CT molecular complexity index is 432. The summed E-state index contributed by atoms with van der Waals surface area (Å²) in [5.41, 5.74) is 0.870. The van der Waals surface area contributed by atoms with Crippen molar-refractivity contribution in [3.63, 3.8) is 0 Å². The van der Waals surface area contributed by atoms with Crippen molar-refractivity contribution in [3.8, 4) is 0 Å². The zero-order valence-electron chi connectivity index (χ0n) is 9.87. The van der Waals surface area contributed by atoms with E-state index < -0.39 is 18.1 Å². The number of hydrogen-bond donors (Lipinski definition) is 0. The molecule has 0 radical (unpaired) electrons. The molecule has 0 bridgehead atoms. The van der Waals surface area contributed by atoms with Crippen molar-refractivity contribution in [2.45, 2.75) is 25.5 Å². The number of nitrogens with zero attached hydrogens (tertiary/aromatic N) is 1. The fourth-order valence-corrected chi connectivity index (χ4v) is 2.03. The third kappa shape index (κ3) is 2.80. The first-order valence-electron chi connectivity index (χ1n) is 5.86. The summed E-state index contributed by atoms with van der Waals surface area (Å²) in [6.07, 6.45) is 0.507. The Labute approximate surface area is 105 Å². The van der Waals surface area contributed by atoms with Gasteiger partial charge in [0.2, 0.25) is 0 Å². The summed E-state index contributed by atoms with van der Waals surface area (Å²) in [5.74, 6) is -1.22. The predicted molar refractivity (Wildman–Crippen MR) is 61.4 cm³/mol. The van der Waals surface area contributed by atoms with Crippen molar-refractivity contribution >= 4 is 12.1 Å². The molecule has 1 fully saturated rings. The van der Waals surface area contributed by atoms with Crippen LogP contribution in [-0.2, 0) is 16.1 Å². The number of carbonyl (C=O) groups excluding carboxylic acids is 2. The largest absolute Gasteiger partial charge is 0.548 e. The summed E-state index contributed by atoms with van der Waals surface area (Å²) in [5, 5.41) is 10.8. The highest BCUT2D eigenvalue weighted by Crippen LogP contribution is 2.18. The maximum Gasteiger partial charge on any atom is 0.410 e. The third-order valence-corrected chi connectivity index (χ3v) is 2.96. The first kappa shape index (κ1) is 12.4. The summed E-state index contributed by atoms with van der Waals surface area (Å²) < 4.78 is 5.09. The zero-order valence-corrected chi connectivity index (χ0v) is 9.87. The molecule has 0 N–H and O–H groups in total. The van der Waals surface area contributed by atoms with Crippen molar-refractivity contribution < 1.29 is 19.4 Å². The van der Waals surface area contributed by atoms with Gasteiger partial charge in [-0.2, -0.15) is 0 Å². The SMILES string of the molecule is O=C([O-])C1CCCN1C(=O)OCc1ccccc1. The van der Waals surface area contributed by atoms with Gasteiger partial charge in [-0.05, 0) is 18.4 Å². The van der Waals surface area contributed by atoms with Crippen molar-refractivity contribution in [3.05, 3.63) is 35.9 Å². The van der Waals surface area contributed by atoms with Crippen molar-refractivity contribution in [1.82, 2.24) is 4.90 Å². The van der Waals surface area contributed by atoms with Gasteiger partial charge in [0.25, 0.3) is 0 Å². The van der Waals surface area contributed by atoms with Crippen LogP contribution in [0.15, 0.2) is 30.3 Å². The first-order valence-corrected chi connectivity index (χ1v) is 5.86. The normalized spacial score (nSPS) is 18.7. The summed E-state index contributed by atoms with van der Waals surface area (Å²) in [4.78, 5) is 23.8. The second-order valence-corrected chi connectivity index (χ2v) is 4.21. The third-order valence-electron chi connectivity index (χ3n) is 2.96. The summed E-state index contributed by atoms with van der Waals surface area (Å²) in [6.45, 7) is 0.558. The van der Waals surface area contributed by atoms with Crippen LogP contribution in [0.1, 0.15) is 18.4 Å². The second-order valence-electron chi connectivity index (χ2n) is 4.21. The highest BCUT2D eigenvalue weighted by Gasteiger charge is 2.30. The number of hydrogen-bond acceptors (Lipinski definition) is 4. The van der Waals surface area contributed by atoms with Crippen LogP contribution in [-0.4, -0.2) is 29.5 Å². The molecule has 1 unspecified atom stereocenters. The van der Waals surface area contributed by atoms with E-state index in [0.29, 0.717) is 19.4 Å². The van der Waals surface area contributed by atoms with Gasteiger partial charge in [0.15, 0.2) is 0 Å².